The quantitative estimate of drug-likeness (QED) is 0.846. The van der Waals surface area contributed by atoms with Crippen molar-refractivity contribution in [2.45, 2.75) is 20.4 Å². The summed E-state index contributed by atoms with van der Waals surface area (Å²) in [6.07, 6.45) is 1.70. The molecule has 2 rings (SSSR count). The Balaban J connectivity index is 2.38. The average Bonchev–Trinajstić information content (AvgIpc) is 2.69. The lowest BCUT2D eigenvalue weighted by atomic mass is 10.3. The summed E-state index contributed by atoms with van der Waals surface area (Å²) in [6, 6.07) is 0. The topological polar surface area (TPSA) is 72.9 Å². The number of rotatable bonds is 4. The third kappa shape index (κ3) is 2.21. The molecule has 0 aliphatic carbocycles. The van der Waals surface area contributed by atoms with Crippen molar-refractivity contribution in [3.8, 4) is 0 Å². The van der Waals surface area contributed by atoms with Crippen molar-refractivity contribution < 1.29 is 0 Å². The normalized spacial score (nSPS) is 11.5. The maximum absolute atomic E-state index is 5.91. The molecule has 2 aromatic heterocycles. The highest BCUT2D eigenvalue weighted by Crippen LogP contribution is 2.16. The predicted molar refractivity (Wildman–Crippen MR) is 67.3 cm³/mol. The Morgan fingerprint density at radius 3 is 2.65 bits per heavy atom. The molecule has 92 valence electrons. The largest absolute Gasteiger partial charge is 0.383 e. The smallest absolute Gasteiger partial charge is 0.163 e. The van der Waals surface area contributed by atoms with Crippen molar-refractivity contribution in [1.29, 1.82) is 0 Å². The number of fused-ring (bicyclic) bond motifs is 1. The maximum Gasteiger partial charge on any atom is 0.163 e. The maximum atomic E-state index is 5.91. The van der Waals surface area contributed by atoms with E-state index in [1.54, 1.807) is 10.9 Å². The Labute approximate surface area is 100 Å². The number of aromatic nitrogens is 4. The fourth-order valence-electron chi connectivity index (χ4n) is 1.81. The molecule has 17 heavy (non-hydrogen) atoms. The summed E-state index contributed by atoms with van der Waals surface area (Å²) < 4.78 is 1.72. The van der Waals surface area contributed by atoms with Crippen LogP contribution < -0.4 is 5.73 Å². The molecule has 2 heterocycles. The molecule has 2 N–H and O–H groups in total. The minimum absolute atomic E-state index is 0.505. The molecule has 6 nitrogen and oxygen atoms in total. The number of hydrogen-bond acceptors (Lipinski definition) is 5. The molecule has 0 radical (unpaired) electrons. The highest BCUT2D eigenvalue weighted by Gasteiger charge is 2.10. The zero-order chi connectivity index (χ0) is 12.4. The summed E-state index contributed by atoms with van der Waals surface area (Å²) in [5.74, 6) is 1.26. The third-order valence-electron chi connectivity index (χ3n) is 2.93. The summed E-state index contributed by atoms with van der Waals surface area (Å²) in [5, 5.41) is 4.95. The van der Waals surface area contributed by atoms with Gasteiger partial charge in [0.1, 0.15) is 11.6 Å². The van der Waals surface area contributed by atoms with Crippen LogP contribution in [0.3, 0.4) is 0 Å². The van der Waals surface area contributed by atoms with Gasteiger partial charge in [0, 0.05) is 7.05 Å². The Bertz CT molecular complexity index is 514. The molecule has 0 saturated heterocycles. The second-order valence-electron chi connectivity index (χ2n) is 3.99. The van der Waals surface area contributed by atoms with Crippen molar-refractivity contribution in [1.82, 2.24) is 24.6 Å². The summed E-state index contributed by atoms with van der Waals surface area (Å²) in [5.41, 5.74) is 6.70. The minimum atomic E-state index is 0.505. The zero-order valence-corrected chi connectivity index (χ0v) is 10.5. The van der Waals surface area contributed by atoms with Gasteiger partial charge in [0.05, 0.1) is 18.1 Å². The van der Waals surface area contributed by atoms with Crippen LogP contribution in [0.1, 0.15) is 19.7 Å². The van der Waals surface area contributed by atoms with Gasteiger partial charge in [-0.3, -0.25) is 9.58 Å². The molecule has 0 aliphatic heterocycles. The van der Waals surface area contributed by atoms with Gasteiger partial charge in [-0.25, -0.2) is 9.97 Å². The SMILES string of the molecule is CCN(CC)Cc1nc(N)c2cnn(C)c2n1. The lowest BCUT2D eigenvalue weighted by Gasteiger charge is -2.16. The minimum Gasteiger partial charge on any atom is -0.383 e. The highest BCUT2D eigenvalue weighted by atomic mass is 15.3. The molecular formula is C11H18N6. The van der Waals surface area contributed by atoms with E-state index in [9.17, 15) is 0 Å². The van der Waals surface area contributed by atoms with E-state index in [4.69, 9.17) is 5.73 Å². The van der Waals surface area contributed by atoms with E-state index in [0.717, 1.165) is 36.5 Å². The van der Waals surface area contributed by atoms with Crippen LogP contribution in [0.25, 0.3) is 11.0 Å². The second kappa shape index (κ2) is 4.67. The lowest BCUT2D eigenvalue weighted by molar-refractivity contribution is 0.288. The highest BCUT2D eigenvalue weighted by molar-refractivity contribution is 5.84. The van der Waals surface area contributed by atoms with Gasteiger partial charge >= 0.3 is 0 Å². The van der Waals surface area contributed by atoms with E-state index in [0.29, 0.717) is 5.82 Å². The first-order valence-corrected chi connectivity index (χ1v) is 5.82. The average molecular weight is 234 g/mol. The van der Waals surface area contributed by atoms with Gasteiger partial charge in [-0.15, -0.1) is 0 Å². The molecular weight excluding hydrogens is 216 g/mol. The number of nitrogens with two attached hydrogens (primary N) is 1. The number of hydrogen-bond donors (Lipinski definition) is 1. The van der Waals surface area contributed by atoms with Gasteiger partial charge in [-0.05, 0) is 13.1 Å². The Morgan fingerprint density at radius 2 is 2.00 bits per heavy atom. The summed E-state index contributed by atoms with van der Waals surface area (Å²) in [4.78, 5) is 11.1. The molecule has 0 saturated carbocycles. The monoisotopic (exact) mass is 234 g/mol. The van der Waals surface area contributed by atoms with Gasteiger partial charge in [0.25, 0.3) is 0 Å². The van der Waals surface area contributed by atoms with Crippen molar-refractivity contribution >= 4 is 16.9 Å². The van der Waals surface area contributed by atoms with Gasteiger partial charge in [0.2, 0.25) is 0 Å². The zero-order valence-electron chi connectivity index (χ0n) is 10.5. The first kappa shape index (κ1) is 11.8. The molecule has 0 amide bonds. The van der Waals surface area contributed by atoms with E-state index in [-0.39, 0.29) is 0 Å². The molecule has 0 aliphatic rings. The van der Waals surface area contributed by atoms with E-state index < -0.39 is 0 Å². The third-order valence-corrected chi connectivity index (χ3v) is 2.93. The molecule has 2 aromatic rings. The first-order valence-electron chi connectivity index (χ1n) is 5.82. The van der Waals surface area contributed by atoms with Crippen LogP contribution in [0.2, 0.25) is 0 Å². The van der Waals surface area contributed by atoms with Crippen molar-refractivity contribution in [3.63, 3.8) is 0 Å². The van der Waals surface area contributed by atoms with Gasteiger partial charge < -0.3 is 5.73 Å². The molecule has 0 aromatic carbocycles. The molecule has 0 atom stereocenters. The number of anilines is 1. The summed E-state index contributed by atoms with van der Waals surface area (Å²) >= 11 is 0. The van der Waals surface area contributed by atoms with Gasteiger partial charge in [-0.1, -0.05) is 13.8 Å². The van der Waals surface area contributed by atoms with Crippen LogP contribution in [0.5, 0.6) is 0 Å². The molecule has 6 heteroatoms. The molecule has 0 bridgehead atoms. The summed E-state index contributed by atoms with van der Waals surface area (Å²) in [6.45, 7) is 6.91. The van der Waals surface area contributed by atoms with Crippen LogP contribution in [0, 0.1) is 0 Å². The summed E-state index contributed by atoms with van der Waals surface area (Å²) in [7, 11) is 1.86. The number of aryl methyl sites for hydroxylation is 1. The van der Waals surface area contributed by atoms with E-state index >= 15 is 0 Å². The Kier molecular flexibility index (Phi) is 3.23. The number of nitrogens with zero attached hydrogens (tertiary/aromatic N) is 5. The lowest BCUT2D eigenvalue weighted by Crippen LogP contribution is -2.23. The molecule has 0 unspecified atom stereocenters. The fourth-order valence-corrected chi connectivity index (χ4v) is 1.81. The number of nitrogen functional groups attached to an aromatic ring is 1. The van der Waals surface area contributed by atoms with Crippen LogP contribution in [-0.2, 0) is 13.6 Å². The van der Waals surface area contributed by atoms with Crippen LogP contribution in [0.15, 0.2) is 6.20 Å². The molecule has 0 spiro atoms. The Morgan fingerprint density at radius 1 is 1.29 bits per heavy atom. The van der Waals surface area contributed by atoms with E-state index in [1.165, 1.54) is 0 Å². The fraction of sp³-hybridized carbons (Fsp3) is 0.545. The van der Waals surface area contributed by atoms with Crippen LogP contribution >= 0.6 is 0 Å². The van der Waals surface area contributed by atoms with Gasteiger partial charge in [-0.2, -0.15) is 5.10 Å². The van der Waals surface area contributed by atoms with E-state index in [1.807, 2.05) is 7.05 Å². The second-order valence-corrected chi connectivity index (χ2v) is 3.99. The van der Waals surface area contributed by atoms with Crippen LogP contribution in [0.4, 0.5) is 5.82 Å². The van der Waals surface area contributed by atoms with E-state index in [2.05, 4.69) is 33.8 Å². The predicted octanol–water partition coefficient (Wildman–Crippen LogP) is 0.787. The van der Waals surface area contributed by atoms with Gasteiger partial charge in [0.15, 0.2) is 5.65 Å². The Hall–Kier alpha value is -1.69. The van der Waals surface area contributed by atoms with Crippen LogP contribution in [-0.4, -0.2) is 37.7 Å². The van der Waals surface area contributed by atoms with Crippen molar-refractivity contribution in [3.05, 3.63) is 12.0 Å². The molecule has 0 fully saturated rings. The first-order chi connectivity index (χ1) is 8.15. The van der Waals surface area contributed by atoms with Crippen molar-refractivity contribution in [2.75, 3.05) is 18.8 Å². The standard InChI is InChI=1S/C11H18N6/c1-4-17(5-2)7-9-14-10(12)8-6-13-16(3)11(8)15-9/h6H,4-5,7H2,1-3H3,(H2,12,14,15). The van der Waals surface area contributed by atoms with Crippen molar-refractivity contribution in [2.24, 2.45) is 7.05 Å².